The molecule has 4 aromatic rings. The molecule has 212 valence electrons. The highest BCUT2D eigenvalue weighted by atomic mass is 32.2. The third-order valence-corrected chi connectivity index (χ3v) is 8.85. The van der Waals surface area contributed by atoms with E-state index in [0.29, 0.717) is 29.2 Å². The number of nitrogens with one attached hydrogen (secondary N) is 2. The van der Waals surface area contributed by atoms with Crippen molar-refractivity contribution in [3.05, 3.63) is 100 Å². The van der Waals surface area contributed by atoms with Crippen LogP contribution in [0.5, 0.6) is 0 Å². The number of carbonyl (C=O) groups is 3. The van der Waals surface area contributed by atoms with Gasteiger partial charge in [0.15, 0.2) is 5.76 Å². The molecule has 41 heavy (non-hydrogen) atoms. The maximum Gasteiger partial charge on any atom is 0.341 e. The Balaban J connectivity index is 1.27. The Morgan fingerprint density at radius 3 is 2.66 bits per heavy atom. The molecule has 0 aliphatic carbocycles. The molecule has 0 radical (unpaired) electrons. The van der Waals surface area contributed by atoms with Crippen molar-refractivity contribution in [2.24, 2.45) is 0 Å². The number of hydrogen-bond acceptors (Lipinski definition) is 8. The summed E-state index contributed by atoms with van der Waals surface area (Å²) in [6.07, 6.45) is 2.16. The van der Waals surface area contributed by atoms with Gasteiger partial charge in [0.2, 0.25) is 5.91 Å². The molecule has 3 heterocycles. The number of thioether (sulfide) groups is 1. The van der Waals surface area contributed by atoms with Gasteiger partial charge in [-0.1, -0.05) is 36.4 Å². The van der Waals surface area contributed by atoms with Gasteiger partial charge in [0.25, 0.3) is 5.91 Å². The minimum atomic E-state index is -0.463. The van der Waals surface area contributed by atoms with E-state index in [9.17, 15) is 14.4 Å². The van der Waals surface area contributed by atoms with Gasteiger partial charge in [0.1, 0.15) is 5.00 Å². The number of rotatable bonds is 10. The molecule has 0 saturated carbocycles. The summed E-state index contributed by atoms with van der Waals surface area (Å²) in [5, 5.41) is 5.89. The van der Waals surface area contributed by atoms with Crippen LogP contribution in [0.15, 0.2) is 82.3 Å². The number of ether oxygens (including phenoxy) is 1. The van der Waals surface area contributed by atoms with Gasteiger partial charge in [0.05, 0.1) is 23.7 Å². The smallest absolute Gasteiger partial charge is 0.341 e. The number of anilines is 2. The topological polar surface area (TPSA) is 101 Å². The largest absolute Gasteiger partial charge is 0.462 e. The summed E-state index contributed by atoms with van der Waals surface area (Å²) in [6, 6.07) is 20.8. The average molecular weight is 590 g/mol. The predicted molar refractivity (Wildman–Crippen MR) is 162 cm³/mol. The zero-order chi connectivity index (χ0) is 28.8. The van der Waals surface area contributed by atoms with E-state index in [1.807, 2.05) is 43.3 Å². The zero-order valence-electron chi connectivity index (χ0n) is 22.8. The lowest BCUT2D eigenvalue weighted by Gasteiger charge is -2.27. The fourth-order valence-electron chi connectivity index (χ4n) is 4.66. The van der Waals surface area contributed by atoms with Gasteiger partial charge in [-0.3, -0.25) is 14.5 Å². The van der Waals surface area contributed by atoms with Crippen LogP contribution >= 0.6 is 23.1 Å². The van der Waals surface area contributed by atoms with E-state index in [2.05, 4.69) is 27.7 Å². The molecule has 2 aromatic carbocycles. The maximum atomic E-state index is 13.3. The van der Waals surface area contributed by atoms with E-state index >= 15 is 0 Å². The lowest BCUT2D eigenvalue weighted by Crippen LogP contribution is -2.30. The number of furan rings is 1. The van der Waals surface area contributed by atoms with Gasteiger partial charge in [-0.2, -0.15) is 0 Å². The van der Waals surface area contributed by atoms with E-state index < -0.39 is 11.2 Å². The Morgan fingerprint density at radius 1 is 1.07 bits per heavy atom. The van der Waals surface area contributed by atoms with Gasteiger partial charge < -0.3 is 19.8 Å². The lowest BCUT2D eigenvalue weighted by atomic mass is 10.0. The normalized spacial score (nSPS) is 13.7. The molecule has 2 amide bonds. The van der Waals surface area contributed by atoms with Crippen LogP contribution in [0.2, 0.25) is 0 Å². The Morgan fingerprint density at radius 2 is 1.90 bits per heavy atom. The maximum absolute atomic E-state index is 13.3. The van der Waals surface area contributed by atoms with E-state index in [0.717, 1.165) is 28.4 Å². The zero-order valence-corrected chi connectivity index (χ0v) is 24.5. The number of hydrogen-bond donors (Lipinski definition) is 2. The van der Waals surface area contributed by atoms with Gasteiger partial charge in [-0.15, -0.1) is 23.1 Å². The van der Waals surface area contributed by atoms with E-state index in [1.54, 1.807) is 25.1 Å². The molecule has 5 rings (SSSR count). The molecule has 0 fully saturated rings. The molecule has 1 atom stereocenters. The summed E-state index contributed by atoms with van der Waals surface area (Å²) in [7, 11) is 0. The van der Waals surface area contributed by atoms with E-state index in [-0.39, 0.29) is 24.2 Å². The van der Waals surface area contributed by atoms with Crippen LogP contribution in [-0.2, 0) is 29.0 Å². The monoisotopic (exact) mass is 589 g/mol. The third-order valence-electron chi connectivity index (χ3n) is 6.62. The predicted octanol–water partition coefficient (Wildman–Crippen LogP) is 6.45. The second kappa shape index (κ2) is 13.2. The molecule has 1 aliphatic heterocycles. The van der Waals surface area contributed by atoms with Crippen molar-refractivity contribution in [2.75, 3.05) is 23.8 Å². The second-order valence-electron chi connectivity index (χ2n) is 9.58. The standard InChI is InChI=1S/C31H31N3O5S2/c1-3-38-31(37)27-24-14-15-34(18-21-9-5-4-6-10-21)19-26(24)41-30(27)33-28(35)20(2)40-23-12-7-11-22(17-23)32-29(36)25-13-8-16-39-25/h4-13,16-17,20H,3,14-15,18-19H2,1-2H3,(H,32,36)(H,33,35). The minimum absolute atomic E-state index is 0.217. The molecule has 8 nitrogen and oxygen atoms in total. The SMILES string of the molecule is CCOC(=O)c1c(NC(=O)C(C)Sc2cccc(NC(=O)c3ccco3)c2)sc2c1CCN(Cc1ccccc1)C2. The van der Waals surface area contributed by atoms with Crippen molar-refractivity contribution in [3.8, 4) is 0 Å². The lowest BCUT2D eigenvalue weighted by molar-refractivity contribution is -0.115. The highest BCUT2D eigenvalue weighted by molar-refractivity contribution is 8.00. The Hall–Kier alpha value is -3.86. The fraction of sp³-hybridized carbons (Fsp3) is 0.258. The highest BCUT2D eigenvalue weighted by Crippen LogP contribution is 2.38. The molecule has 1 aliphatic rings. The first-order chi connectivity index (χ1) is 19.9. The molecule has 0 saturated heterocycles. The first-order valence-corrected chi connectivity index (χ1v) is 15.1. The van der Waals surface area contributed by atoms with E-state index in [1.165, 1.54) is 34.9 Å². The summed E-state index contributed by atoms with van der Waals surface area (Å²) >= 11 is 2.81. The number of fused-ring (bicyclic) bond motifs is 1. The molecule has 10 heteroatoms. The molecule has 0 bridgehead atoms. The van der Waals surface area contributed by atoms with Crippen molar-refractivity contribution in [2.45, 2.75) is 43.5 Å². The van der Waals surface area contributed by atoms with Crippen LogP contribution in [0.1, 0.15) is 50.8 Å². The molecular weight excluding hydrogens is 558 g/mol. The quantitative estimate of drug-likeness (QED) is 0.162. The molecule has 2 N–H and O–H groups in total. The third kappa shape index (κ3) is 7.08. The Bertz CT molecular complexity index is 1520. The van der Waals surface area contributed by atoms with Crippen molar-refractivity contribution < 1.29 is 23.5 Å². The van der Waals surface area contributed by atoms with Crippen molar-refractivity contribution in [1.82, 2.24) is 4.90 Å². The number of thiophene rings is 1. The summed E-state index contributed by atoms with van der Waals surface area (Å²) < 4.78 is 10.5. The van der Waals surface area contributed by atoms with Crippen LogP contribution in [0, 0.1) is 0 Å². The Kier molecular flexibility index (Phi) is 9.23. The number of amides is 2. The van der Waals surface area contributed by atoms with Gasteiger partial charge in [0, 0.05) is 35.1 Å². The van der Waals surface area contributed by atoms with E-state index in [4.69, 9.17) is 9.15 Å². The Labute approximate surface area is 247 Å². The van der Waals surface area contributed by atoms with Crippen LogP contribution < -0.4 is 10.6 Å². The summed E-state index contributed by atoms with van der Waals surface area (Å²) in [5.41, 5.74) is 3.27. The summed E-state index contributed by atoms with van der Waals surface area (Å²) in [5.74, 6) is -0.754. The van der Waals surface area contributed by atoms with Crippen molar-refractivity contribution in [1.29, 1.82) is 0 Å². The summed E-state index contributed by atoms with van der Waals surface area (Å²) in [6.45, 7) is 6.20. The summed E-state index contributed by atoms with van der Waals surface area (Å²) in [4.78, 5) is 42.9. The van der Waals surface area contributed by atoms with Crippen LogP contribution in [0.4, 0.5) is 10.7 Å². The first-order valence-electron chi connectivity index (χ1n) is 13.4. The van der Waals surface area contributed by atoms with Crippen molar-refractivity contribution >= 4 is 51.6 Å². The minimum Gasteiger partial charge on any atom is -0.462 e. The van der Waals surface area contributed by atoms with Crippen molar-refractivity contribution in [3.63, 3.8) is 0 Å². The van der Waals surface area contributed by atoms with Crippen LogP contribution in [0.25, 0.3) is 0 Å². The van der Waals surface area contributed by atoms with Crippen LogP contribution in [-0.4, -0.2) is 41.1 Å². The number of benzene rings is 2. The number of carbonyl (C=O) groups excluding carboxylic acids is 3. The molecule has 0 spiro atoms. The average Bonchev–Trinajstić information content (AvgIpc) is 3.62. The number of nitrogens with zero attached hydrogens (tertiary/aromatic N) is 1. The second-order valence-corrected chi connectivity index (χ2v) is 12.1. The molecular formula is C31H31N3O5S2. The van der Waals surface area contributed by atoms with Gasteiger partial charge in [-0.25, -0.2) is 4.79 Å². The highest BCUT2D eigenvalue weighted by Gasteiger charge is 2.30. The number of esters is 1. The van der Waals surface area contributed by atoms with Gasteiger partial charge >= 0.3 is 5.97 Å². The molecule has 1 unspecified atom stereocenters. The van der Waals surface area contributed by atoms with Crippen LogP contribution in [0.3, 0.4) is 0 Å². The van der Waals surface area contributed by atoms with Gasteiger partial charge in [-0.05, 0) is 61.7 Å². The molecule has 2 aromatic heterocycles. The fourth-order valence-corrected chi connectivity index (χ4v) is 6.87. The first kappa shape index (κ1) is 28.7.